The molecule has 0 aromatic carbocycles. The maximum absolute atomic E-state index is 5.97. The van der Waals surface area contributed by atoms with E-state index in [2.05, 4.69) is 5.10 Å². The first kappa shape index (κ1) is 13.2. The lowest BCUT2D eigenvalue weighted by molar-refractivity contribution is 0.0672. The number of rotatable bonds is 8. The summed E-state index contributed by atoms with van der Waals surface area (Å²) in [4.78, 5) is 0. The van der Waals surface area contributed by atoms with Crippen LogP contribution in [0.5, 0.6) is 0 Å². The van der Waals surface area contributed by atoms with Crippen molar-refractivity contribution in [1.82, 2.24) is 9.78 Å². The summed E-state index contributed by atoms with van der Waals surface area (Å²) in [5.41, 5.74) is 7.00. The van der Waals surface area contributed by atoms with Crippen molar-refractivity contribution in [2.75, 3.05) is 26.9 Å². The molecule has 5 nitrogen and oxygen atoms in total. The summed E-state index contributed by atoms with van der Waals surface area (Å²) >= 11 is 0. The van der Waals surface area contributed by atoms with Crippen LogP contribution in [-0.2, 0) is 22.9 Å². The number of aromatic nitrogens is 2. The second-order valence-electron chi connectivity index (χ2n) is 3.84. The molecule has 0 saturated carbocycles. The lowest BCUT2D eigenvalue weighted by Crippen LogP contribution is -2.25. The van der Waals surface area contributed by atoms with Gasteiger partial charge in [0.25, 0.3) is 0 Å². The highest BCUT2D eigenvalue weighted by Gasteiger charge is 2.06. The molecule has 0 amide bonds. The average molecular weight is 227 g/mol. The fraction of sp³-hybridized carbons (Fsp3) is 0.727. The zero-order chi connectivity index (χ0) is 11.8. The Morgan fingerprint density at radius 2 is 2.25 bits per heavy atom. The van der Waals surface area contributed by atoms with Crippen LogP contribution in [0.1, 0.15) is 12.1 Å². The molecule has 0 aliphatic rings. The normalized spacial score (nSPS) is 12.9. The molecule has 1 unspecified atom stereocenters. The van der Waals surface area contributed by atoms with Crippen LogP contribution in [0, 0.1) is 0 Å². The number of methoxy groups -OCH3 is 1. The summed E-state index contributed by atoms with van der Waals surface area (Å²) in [7, 11) is 3.57. The molecule has 1 heterocycles. The Hall–Kier alpha value is -0.910. The monoisotopic (exact) mass is 227 g/mol. The van der Waals surface area contributed by atoms with E-state index in [4.69, 9.17) is 15.2 Å². The molecule has 1 atom stereocenters. The van der Waals surface area contributed by atoms with Crippen LogP contribution in [0.2, 0.25) is 0 Å². The van der Waals surface area contributed by atoms with Crippen LogP contribution >= 0.6 is 0 Å². The quantitative estimate of drug-likeness (QED) is 0.651. The highest BCUT2D eigenvalue weighted by molar-refractivity contribution is 5.00. The Labute approximate surface area is 96.5 Å². The average Bonchev–Trinajstić information content (AvgIpc) is 2.63. The zero-order valence-corrected chi connectivity index (χ0v) is 10.1. The molecule has 0 radical (unpaired) electrons. The maximum Gasteiger partial charge on any atom is 0.0700 e. The van der Waals surface area contributed by atoms with E-state index in [1.54, 1.807) is 11.8 Å². The van der Waals surface area contributed by atoms with Crippen molar-refractivity contribution in [3.05, 3.63) is 18.0 Å². The van der Waals surface area contributed by atoms with Gasteiger partial charge in [0.15, 0.2) is 0 Å². The number of hydrogen-bond donors (Lipinski definition) is 1. The summed E-state index contributed by atoms with van der Waals surface area (Å²) in [5, 5.41) is 4.28. The van der Waals surface area contributed by atoms with Gasteiger partial charge >= 0.3 is 0 Å². The predicted octanol–water partition coefficient (Wildman–Crippen LogP) is 0.343. The standard InChI is InChI=1S/C11H21N3O2/c1-14-5-3-11(13-14)9-10(12)4-6-16-8-7-15-2/h3,5,10H,4,6-9,12H2,1-2H3. The van der Waals surface area contributed by atoms with Gasteiger partial charge in [-0.1, -0.05) is 0 Å². The summed E-state index contributed by atoms with van der Waals surface area (Å²) in [6.07, 6.45) is 3.58. The van der Waals surface area contributed by atoms with Crippen molar-refractivity contribution < 1.29 is 9.47 Å². The molecule has 1 aromatic heterocycles. The molecule has 0 fully saturated rings. The van der Waals surface area contributed by atoms with Gasteiger partial charge in [0, 0.05) is 39.4 Å². The van der Waals surface area contributed by atoms with Crippen molar-refractivity contribution in [1.29, 1.82) is 0 Å². The molecule has 0 aliphatic heterocycles. The van der Waals surface area contributed by atoms with E-state index in [0.717, 1.165) is 18.5 Å². The van der Waals surface area contributed by atoms with Gasteiger partial charge in [0.05, 0.1) is 18.9 Å². The van der Waals surface area contributed by atoms with Crippen LogP contribution in [0.3, 0.4) is 0 Å². The first-order valence-electron chi connectivity index (χ1n) is 5.53. The number of aryl methyl sites for hydroxylation is 1. The first-order chi connectivity index (χ1) is 7.72. The molecule has 92 valence electrons. The number of ether oxygens (including phenoxy) is 2. The molecule has 2 N–H and O–H groups in total. The van der Waals surface area contributed by atoms with Gasteiger partial charge in [-0.25, -0.2) is 0 Å². The second kappa shape index (κ2) is 7.38. The minimum atomic E-state index is 0.109. The van der Waals surface area contributed by atoms with Crippen LogP contribution in [0.25, 0.3) is 0 Å². The number of nitrogens with two attached hydrogens (primary N) is 1. The minimum absolute atomic E-state index is 0.109. The van der Waals surface area contributed by atoms with E-state index < -0.39 is 0 Å². The van der Waals surface area contributed by atoms with Gasteiger partial charge in [-0.3, -0.25) is 4.68 Å². The molecule has 0 aliphatic carbocycles. The Morgan fingerprint density at radius 1 is 1.44 bits per heavy atom. The number of nitrogens with zero attached hydrogens (tertiary/aromatic N) is 2. The fourth-order valence-electron chi connectivity index (χ4n) is 1.42. The van der Waals surface area contributed by atoms with Crippen LogP contribution in [0.15, 0.2) is 12.3 Å². The summed E-state index contributed by atoms with van der Waals surface area (Å²) in [6.45, 7) is 1.94. The SMILES string of the molecule is COCCOCCC(N)Cc1ccn(C)n1. The third-order valence-electron chi connectivity index (χ3n) is 2.30. The molecular weight excluding hydrogens is 206 g/mol. The molecule has 5 heteroatoms. The van der Waals surface area contributed by atoms with Crippen LogP contribution < -0.4 is 5.73 Å². The second-order valence-corrected chi connectivity index (χ2v) is 3.84. The van der Waals surface area contributed by atoms with Gasteiger partial charge in [0.2, 0.25) is 0 Å². The molecule has 0 saturated heterocycles. The third-order valence-corrected chi connectivity index (χ3v) is 2.30. The molecule has 1 aromatic rings. The Morgan fingerprint density at radius 3 is 2.88 bits per heavy atom. The van der Waals surface area contributed by atoms with Gasteiger partial charge < -0.3 is 15.2 Å². The summed E-state index contributed by atoms with van der Waals surface area (Å²) in [5.74, 6) is 0. The predicted molar refractivity (Wildman–Crippen MR) is 62.2 cm³/mol. The molecule has 0 bridgehead atoms. The molecule has 1 rings (SSSR count). The lowest BCUT2D eigenvalue weighted by Gasteiger charge is -2.10. The highest BCUT2D eigenvalue weighted by atomic mass is 16.5. The third kappa shape index (κ3) is 5.25. The van der Waals surface area contributed by atoms with Crippen molar-refractivity contribution in [3.8, 4) is 0 Å². The van der Waals surface area contributed by atoms with Crippen LogP contribution in [-0.4, -0.2) is 42.8 Å². The van der Waals surface area contributed by atoms with Crippen molar-refractivity contribution in [2.24, 2.45) is 12.8 Å². The van der Waals surface area contributed by atoms with Crippen molar-refractivity contribution >= 4 is 0 Å². The van der Waals surface area contributed by atoms with Crippen molar-refractivity contribution in [3.63, 3.8) is 0 Å². The zero-order valence-electron chi connectivity index (χ0n) is 10.1. The van der Waals surface area contributed by atoms with Crippen molar-refractivity contribution in [2.45, 2.75) is 18.9 Å². The van der Waals surface area contributed by atoms with E-state index >= 15 is 0 Å². The molecular formula is C11H21N3O2. The van der Waals surface area contributed by atoms with E-state index in [-0.39, 0.29) is 6.04 Å². The van der Waals surface area contributed by atoms with E-state index in [0.29, 0.717) is 19.8 Å². The topological polar surface area (TPSA) is 62.3 Å². The minimum Gasteiger partial charge on any atom is -0.382 e. The van der Waals surface area contributed by atoms with E-state index in [1.807, 2.05) is 19.3 Å². The van der Waals surface area contributed by atoms with Gasteiger partial charge in [-0.2, -0.15) is 5.10 Å². The highest BCUT2D eigenvalue weighted by Crippen LogP contribution is 2.01. The Bertz CT molecular complexity index is 289. The molecule has 16 heavy (non-hydrogen) atoms. The van der Waals surface area contributed by atoms with Gasteiger partial charge in [0.1, 0.15) is 0 Å². The van der Waals surface area contributed by atoms with Gasteiger partial charge in [-0.05, 0) is 12.5 Å². The van der Waals surface area contributed by atoms with E-state index in [1.165, 1.54) is 0 Å². The summed E-state index contributed by atoms with van der Waals surface area (Å²) < 4.78 is 12.0. The smallest absolute Gasteiger partial charge is 0.0700 e. The largest absolute Gasteiger partial charge is 0.382 e. The number of hydrogen-bond acceptors (Lipinski definition) is 4. The Kier molecular flexibility index (Phi) is 6.07. The first-order valence-corrected chi connectivity index (χ1v) is 5.53. The molecule has 0 spiro atoms. The van der Waals surface area contributed by atoms with E-state index in [9.17, 15) is 0 Å². The maximum atomic E-state index is 5.97. The summed E-state index contributed by atoms with van der Waals surface area (Å²) in [6, 6.07) is 2.10. The Balaban J connectivity index is 2.09. The lowest BCUT2D eigenvalue weighted by atomic mass is 10.1. The van der Waals surface area contributed by atoms with Crippen LogP contribution in [0.4, 0.5) is 0 Å². The van der Waals surface area contributed by atoms with Gasteiger partial charge in [-0.15, -0.1) is 0 Å². The fourth-order valence-corrected chi connectivity index (χ4v) is 1.42.